The SMILES string of the molecule is CC/C=C\C/C=C\C/C=C\C/C=C\CCCCC(=O)OC[C@H](COC(=O)CCCC/C=C\C/C=C\C/C=C\CCCCC)OC(=O)CCCCCCCCCCCCC. The summed E-state index contributed by atoms with van der Waals surface area (Å²) in [5.41, 5.74) is 0. The molecule has 0 aromatic heterocycles. The molecular weight excluding hydrogens is 733 g/mol. The molecule has 0 spiro atoms. The van der Waals surface area contributed by atoms with Crippen LogP contribution in [0.3, 0.4) is 0 Å². The van der Waals surface area contributed by atoms with Gasteiger partial charge in [0.1, 0.15) is 13.2 Å². The van der Waals surface area contributed by atoms with Crippen LogP contribution in [0, 0.1) is 0 Å². The van der Waals surface area contributed by atoms with Gasteiger partial charge in [0.2, 0.25) is 0 Å². The fourth-order valence-corrected chi connectivity index (χ4v) is 6.26. The van der Waals surface area contributed by atoms with Gasteiger partial charge in [-0.05, 0) is 96.3 Å². The fraction of sp³-hybridized carbons (Fsp3) is 0.679. The Morgan fingerprint density at radius 3 is 1.07 bits per heavy atom. The third kappa shape index (κ3) is 45.5. The second-order valence-corrected chi connectivity index (χ2v) is 15.6. The number of rotatable bonds is 42. The summed E-state index contributed by atoms with van der Waals surface area (Å²) in [6.45, 7) is 6.40. The molecule has 0 saturated heterocycles. The van der Waals surface area contributed by atoms with E-state index in [1.54, 1.807) is 0 Å². The van der Waals surface area contributed by atoms with Gasteiger partial charge in [-0.25, -0.2) is 0 Å². The molecule has 0 rings (SSSR count). The minimum Gasteiger partial charge on any atom is -0.462 e. The van der Waals surface area contributed by atoms with E-state index in [1.165, 1.54) is 77.0 Å². The third-order valence-electron chi connectivity index (χ3n) is 9.88. The first kappa shape index (κ1) is 55.6. The van der Waals surface area contributed by atoms with Crippen molar-refractivity contribution in [2.75, 3.05) is 13.2 Å². The lowest BCUT2D eigenvalue weighted by Crippen LogP contribution is -2.30. The van der Waals surface area contributed by atoms with E-state index in [1.807, 2.05) is 0 Å². The monoisotopic (exact) mass is 821 g/mol. The van der Waals surface area contributed by atoms with Gasteiger partial charge in [0.05, 0.1) is 0 Å². The summed E-state index contributed by atoms with van der Waals surface area (Å²) in [4.78, 5) is 37.8. The molecule has 6 nitrogen and oxygen atoms in total. The summed E-state index contributed by atoms with van der Waals surface area (Å²) in [5, 5.41) is 0. The summed E-state index contributed by atoms with van der Waals surface area (Å²) in [5.74, 6) is -0.990. The van der Waals surface area contributed by atoms with Crippen molar-refractivity contribution in [2.24, 2.45) is 0 Å². The van der Waals surface area contributed by atoms with Gasteiger partial charge in [-0.1, -0.05) is 183 Å². The molecule has 59 heavy (non-hydrogen) atoms. The molecule has 0 radical (unpaired) electrons. The number of carbonyl (C=O) groups excluding carboxylic acids is 3. The zero-order valence-corrected chi connectivity index (χ0v) is 38.2. The van der Waals surface area contributed by atoms with Crippen molar-refractivity contribution in [3.05, 3.63) is 85.1 Å². The average molecular weight is 821 g/mol. The molecule has 0 aliphatic rings. The van der Waals surface area contributed by atoms with Gasteiger partial charge in [-0.15, -0.1) is 0 Å². The quantitative estimate of drug-likeness (QED) is 0.0264. The van der Waals surface area contributed by atoms with Crippen LogP contribution in [0.15, 0.2) is 85.1 Å². The summed E-state index contributed by atoms with van der Waals surface area (Å²) >= 11 is 0. The number of allylic oxidation sites excluding steroid dienone is 14. The molecule has 0 heterocycles. The maximum atomic E-state index is 12.7. The van der Waals surface area contributed by atoms with Crippen LogP contribution in [-0.4, -0.2) is 37.2 Å². The number of esters is 3. The van der Waals surface area contributed by atoms with Crippen molar-refractivity contribution in [3.8, 4) is 0 Å². The largest absolute Gasteiger partial charge is 0.462 e. The minimum absolute atomic E-state index is 0.109. The number of hydrogen-bond donors (Lipinski definition) is 0. The summed E-state index contributed by atoms with van der Waals surface area (Å²) < 4.78 is 16.7. The molecule has 0 bridgehead atoms. The molecule has 6 heteroatoms. The predicted molar refractivity (Wildman–Crippen MR) is 251 cm³/mol. The van der Waals surface area contributed by atoms with Crippen LogP contribution >= 0.6 is 0 Å². The highest BCUT2D eigenvalue weighted by atomic mass is 16.6. The normalized spacial score (nSPS) is 12.8. The van der Waals surface area contributed by atoms with E-state index in [2.05, 4.69) is 106 Å². The van der Waals surface area contributed by atoms with Crippen LogP contribution in [0.5, 0.6) is 0 Å². The van der Waals surface area contributed by atoms with Crippen molar-refractivity contribution < 1.29 is 28.6 Å². The van der Waals surface area contributed by atoms with E-state index >= 15 is 0 Å². The maximum absolute atomic E-state index is 12.7. The second-order valence-electron chi connectivity index (χ2n) is 15.6. The summed E-state index contributed by atoms with van der Waals surface area (Å²) in [6, 6.07) is 0. The highest BCUT2D eigenvalue weighted by molar-refractivity contribution is 5.71. The molecule has 336 valence electrons. The first-order chi connectivity index (χ1) is 29.0. The molecule has 0 amide bonds. The van der Waals surface area contributed by atoms with Crippen molar-refractivity contribution in [2.45, 2.75) is 219 Å². The Morgan fingerprint density at radius 1 is 0.356 bits per heavy atom. The van der Waals surface area contributed by atoms with Crippen LogP contribution in [0.4, 0.5) is 0 Å². The fourth-order valence-electron chi connectivity index (χ4n) is 6.26. The Labute approximate surface area is 363 Å². The van der Waals surface area contributed by atoms with E-state index in [9.17, 15) is 14.4 Å². The van der Waals surface area contributed by atoms with Crippen LogP contribution in [0.25, 0.3) is 0 Å². The first-order valence-corrected chi connectivity index (χ1v) is 24.1. The Hall–Kier alpha value is -3.41. The summed E-state index contributed by atoms with van der Waals surface area (Å²) in [6.07, 6.45) is 59.9. The molecule has 0 aromatic carbocycles. The number of carbonyl (C=O) groups is 3. The third-order valence-corrected chi connectivity index (χ3v) is 9.88. The van der Waals surface area contributed by atoms with Crippen LogP contribution in [0.2, 0.25) is 0 Å². The minimum atomic E-state index is -0.806. The lowest BCUT2D eigenvalue weighted by Gasteiger charge is -2.18. The molecule has 0 fully saturated rings. The zero-order valence-electron chi connectivity index (χ0n) is 38.2. The summed E-state index contributed by atoms with van der Waals surface area (Å²) in [7, 11) is 0. The molecule has 0 aromatic rings. The molecule has 1 atom stereocenters. The van der Waals surface area contributed by atoms with Gasteiger partial charge in [0.15, 0.2) is 6.10 Å². The van der Waals surface area contributed by atoms with E-state index in [-0.39, 0.29) is 31.1 Å². The number of unbranched alkanes of at least 4 members (excludes halogenated alkanes) is 17. The van der Waals surface area contributed by atoms with Crippen LogP contribution in [-0.2, 0) is 28.6 Å². The zero-order chi connectivity index (χ0) is 43.0. The van der Waals surface area contributed by atoms with E-state index in [4.69, 9.17) is 14.2 Å². The highest BCUT2D eigenvalue weighted by Crippen LogP contribution is 2.13. The van der Waals surface area contributed by atoms with E-state index in [0.717, 1.165) is 96.3 Å². The molecular formula is C53H88O6. The highest BCUT2D eigenvalue weighted by Gasteiger charge is 2.19. The van der Waals surface area contributed by atoms with Crippen molar-refractivity contribution >= 4 is 17.9 Å². The first-order valence-electron chi connectivity index (χ1n) is 24.1. The van der Waals surface area contributed by atoms with Gasteiger partial charge < -0.3 is 14.2 Å². The van der Waals surface area contributed by atoms with Gasteiger partial charge in [-0.3, -0.25) is 14.4 Å². The van der Waals surface area contributed by atoms with Gasteiger partial charge >= 0.3 is 17.9 Å². The Balaban J connectivity index is 4.51. The number of ether oxygens (including phenoxy) is 3. The van der Waals surface area contributed by atoms with E-state index < -0.39 is 6.10 Å². The lowest BCUT2D eigenvalue weighted by atomic mass is 10.1. The van der Waals surface area contributed by atoms with Crippen molar-refractivity contribution in [1.29, 1.82) is 0 Å². The average Bonchev–Trinajstić information content (AvgIpc) is 3.23. The molecule has 0 aliphatic carbocycles. The van der Waals surface area contributed by atoms with Crippen LogP contribution < -0.4 is 0 Å². The standard InChI is InChI=1S/C53H88O6/c1-4-7-10-13-16-19-22-24-26-28-31-33-36-39-42-45-51(54)57-48-50(59-53(56)47-44-41-38-35-30-21-18-15-12-9-6-3)49-58-52(55)46-43-40-37-34-32-29-27-25-23-20-17-14-11-8-5-2/h7,10,16-17,19-20,24-27,31-34,50H,4-6,8-9,11-15,18,21-23,28-30,35-49H2,1-3H3/b10-7-,19-16-,20-17-,26-24-,27-25-,33-31-,34-32-/t50-/m1/s1. The lowest BCUT2D eigenvalue weighted by molar-refractivity contribution is -0.167. The molecule has 0 N–H and O–H groups in total. The van der Waals surface area contributed by atoms with Crippen molar-refractivity contribution in [1.82, 2.24) is 0 Å². The van der Waals surface area contributed by atoms with E-state index in [0.29, 0.717) is 19.3 Å². The smallest absolute Gasteiger partial charge is 0.306 e. The van der Waals surface area contributed by atoms with Gasteiger partial charge in [0, 0.05) is 19.3 Å². The predicted octanol–water partition coefficient (Wildman–Crippen LogP) is 15.6. The molecule has 0 saturated carbocycles. The number of hydrogen-bond acceptors (Lipinski definition) is 6. The Kier molecular flexibility index (Phi) is 44.5. The topological polar surface area (TPSA) is 78.9 Å². The Bertz CT molecular complexity index is 1170. The Morgan fingerprint density at radius 2 is 0.661 bits per heavy atom. The second kappa shape index (κ2) is 47.3. The molecule has 0 unspecified atom stereocenters. The maximum Gasteiger partial charge on any atom is 0.306 e. The van der Waals surface area contributed by atoms with Crippen molar-refractivity contribution in [3.63, 3.8) is 0 Å². The van der Waals surface area contributed by atoms with Crippen LogP contribution in [0.1, 0.15) is 213 Å². The van der Waals surface area contributed by atoms with Gasteiger partial charge in [-0.2, -0.15) is 0 Å². The molecule has 0 aliphatic heterocycles. The van der Waals surface area contributed by atoms with Gasteiger partial charge in [0.25, 0.3) is 0 Å².